The molecule has 1 unspecified atom stereocenters. The van der Waals surface area contributed by atoms with Crippen molar-refractivity contribution in [2.75, 3.05) is 0 Å². The van der Waals surface area contributed by atoms with Crippen LogP contribution in [0.5, 0.6) is 0 Å². The molecule has 0 rings (SSSR count). The fourth-order valence-electron chi connectivity index (χ4n) is 0.841. The van der Waals surface area contributed by atoms with Crippen LogP contribution in [0.4, 0.5) is 0 Å². The molecule has 0 saturated carbocycles. The molecule has 0 aliphatic heterocycles. The minimum atomic E-state index is -0.136. The van der Waals surface area contributed by atoms with E-state index in [1.54, 1.807) is 0 Å². The first-order chi connectivity index (χ1) is 5.72. The lowest BCUT2D eigenvalue weighted by molar-refractivity contribution is -0.123. The summed E-state index contributed by atoms with van der Waals surface area (Å²) in [4.78, 5) is 10.9. The Balaban J connectivity index is 3.60. The minimum absolute atomic E-state index is 0.119. The molecule has 0 aliphatic carbocycles. The van der Waals surface area contributed by atoms with Crippen molar-refractivity contribution in [3.63, 3.8) is 0 Å². The molecule has 70 valence electrons. The van der Waals surface area contributed by atoms with Crippen molar-refractivity contribution in [3.8, 4) is 0 Å². The van der Waals surface area contributed by atoms with Crippen LogP contribution in [-0.2, 0) is 4.79 Å². The zero-order chi connectivity index (χ0) is 9.40. The lowest BCUT2D eigenvalue weighted by Gasteiger charge is -2.02. The predicted molar refractivity (Wildman–Crippen MR) is 50.2 cm³/mol. The molecule has 0 radical (unpaired) electrons. The van der Waals surface area contributed by atoms with Gasteiger partial charge in [-0.15, -0.1) is 0 Å². The van der Waals surface area contributed by atoms with E-state index in [1.165, 1.54) is 12.8 Å². The Labute approximate surface area is 74.0 Å². The Kier molecular flexibility index (Phi) is 6.38. The van der Waals surface area contributed by atoms with Crippen LogP contribution < -0.4 is 11.3 Å². The minimum Gasteiger partial charge on any atom is -0.294 e. The van der Waals surface area contributed by atoms with Gasteiger partial charge in [0.05, 0.1) is 5.92 Å². The maximum absolute atomic E-state index is 10.9. The van der Waals surface area contributed by atoms with Gasteiger partial charge < -0.3 is 0 Å². The van der Waals surface area contributed by atoms with Crippen molar-refractivity contribution in [2.45, 2.75) is 33.1 Å². The van der Waals surface area contributed by atoms with Gasteiger partial charge in [0.25, 0.3) is 0 Å². The first kappa shape index (κ1) is 11.2. The number of carbonyl (C=O) groups excluding carboxylic acids is 1. The van der Waals surface area contributed by atoms with Crippen molar-refractivity contribution in [1.29, 1.82) is 0 Å². The van der Waals surface area contributed by atoms with Gasteiger partial charge in [0.2, 0.25) is 5.91 Å². The number of hydrogen-bond acceptors (Lipinski definition) is 2. The number of rotatable bonds is 5. The maximum Gasteiger partial charge on any atom is 0.240 e. The number of amides is 1. The van der Waals surface area contributed by atoms with Gasteiger partial charge in [-0.05, 0) is 6.42 Å². The van der Waals surface area contributed by atoms with E-state index in [1.807, 2.05) is 19.1 Å². The molecule has 3 heteroatoms. The van der Waals surface area contributed by atoms with Gasteiger partial charge >= 0.3 is 0 Å². The summed E-state index contributed by atoms with van der Waals surface area (Å²) in [6.07, 6.45) is 7.31. The van der Waals surface area contributed by atoms with E-state index in [4.69, 9.17) is 5.84 Å². The average Bonchev–Trinajstić information content (AvgIpc) is 2.10. The second-order valence-corrected chi connectivity index (χ2v) is 2.87. The third-order valence-corrected chi connectivity index (χ3v) is 1.70. The van der Waals surface area contributed by atoms with E-state index in [0.717, 1.165) is 6.42 Å². The molecule has 1 atom stereocenters. The van der Waals surface area contributed by atoms with Crippen molar-refractivity contribution < 1.29 is 4.79 Å². The summed E-state index contributed by atoms with van der Waals surface area (Å²) in [6.45, 7) is 3.97. The number of nitrogens with one attached hydrogen (secondary N) is 1. The zero-order valence-corrected chi connectivity index (χ0v) is 7.84. The van der Waals surface area contributed by atoms with Crippen LogP contribution in [0.15, 0.2) is 12.2 Å². The molecule has 0 aliphatic rings. The van der Waals surface area contributed by atoms with E-state index < -0.39 is 0 Å². The standard InChI is InChI=1S/C9H18N2O/c1-3-4-5-6-7-8(2)9(12)11-10/h6-8H,3-5,10H2,1-2H3,(H,11,12). The summed E-state index contributed by atoms with van der Waals surface area (Å²) in [5.41, 5.74) is 2.12. The highest BCUT2D eigenvalue weighted by molar-refractivity contribution is 5.79. The fourth-order valence-corrected chi connectivity index (χ4v) is 0.841. The summed E-state index contributed by atoms with van der Waals surface area (Å²) in [5, 5.41) is 0. The third kappa shape index (κ3) is 4.91. The van der Waals surface area contributed by atoms with Gasteiger partial charge in [-0.2, -0.15) is 0 Å². The van der Waals surface area contributed by atoms with Crippen molar-refractivity contribution in [2.24, 2.45) is 11.8 Å². The Hall–Kier alpha value is -0.830. The van der Waals surface area contributed by atoms with Crippen molar-refractivity contribution in [1.82, 2.24) is 5.43 Å². The normalized spacial score (nSPS) is 13.2. The van der Waals surface area contributed by atoms with E-state index >= 15 is 0 Å². The van der Waals surface area contributed by atoms with E-state index in [0.29, 0.717) is 0 Å². The van der Waals surface area contributed by atoms with Crippen LogP contribution in [0.1, 0.15) is 33.1 Å². The van der Waals surface area contributed by atoms with Crippen LogP contribution in [0.25, 0.3) is 0 Å². The largest absolute Gasteiger partial charge is 0.294 e. The third-order valence-electron chi connectivity index (χ3n) is 1.70. The number of allylic oxidation sites excluding steroid dienone is 1. The molecule has 3 nitrogen and oxygen atoms in total. The predicted octanol–water partition coefficient (Wildman–Crippen LogP) is 1.36. The molecule has 0 fully saturated rings. The van der Waals surface area contributed by atoms with Crippen LogP contribution in [0.2, 0.25) is 0 Å². The van der Waals surface area contributed by atoms with Gasteiger partial charge in [-0.3, -0.25) is 10.2 Å². The SMILES string of the molecule is CCCCC=CC(C)C(=O)NN. The molecule has 3 N–H and O–H groups in total. The highest BCUT2D eigenvalue weighted by atomic mass is 16.2. The van der Waals surface area contributed by atoms with Gasteiger partial charge in [-0.1, -0.05) is 38.8 Å². The number of unbranched alkanes of at least 4 members (excludes halogenated alkanes) is 2. The smallest absolute Gasteiger partial charge is 0.240 e. The summed E-state index contributed by atoms with van der Waals surface area (Å²) >= 11 is 0. The first-order valence-corrected chi connectivity index (χ1v) is 4.39. The Morgan fingerprint density at radius 3 is 2.83 bits per heavy atom. The molecule has 0 spiro atoms. The molecule has 0 aromatic heterocycles. The summed E-state index contributed by atoms with van der Waals surface area (Å²) < 4.78 is 0. The van der Waals surface area contributed by atoms with Gasteiger partial charge in [0.1, 0.15) is 0 Å². The number of hydrogen-bond donors (Lipinski definition) is 2. The molecule has 1 amide bonds. The van der Waals surface area contributed by atoms with Gasteiger partial charge in [-0.25, -0.2) is 5.84 Å². The number of carbonyl (C=O) groups is 1. The lowest BCUT2D eigenvalue weighted by Crippen LogP contribution is -2.33. The molecular weight excluding hydrogens is 152 g/mol. The molecule has 0 heterocycles. The topological polar surface area (TPSA) is 55.1 Å². The summed E-state index contributed by atoms with van der Waals surface area (Å²) in [5.74, 6) is 4.71. The second-order valence-electron chi connectivity index (χ2n) is 2.87. The molecule has 0 bridgehead atoms. The Bertz CT molecular complexity index is 155. The quantitative estimate of drug-likeness (QED) is 0.215. The molecule has 0 aromatic rings. The number of nitrogens with two attached hydrogens (primary N) is 1. The number of hydrazine groups is 1. The van der Waals surface area contributed by atoms with Crippen LogP contribution in [0.3, 0.4) is 0 Å². The van der Waals surface area contributed by atoms with Crippen molar-refractivity contribution >= 4 is 5.91 Å². The zero-order valence-electron chi connectivity index (χ0n) is 7.84. The summed E-state index contributed by atoms with van der Waals surface area (Å²) in [6, 6.07) is 0. The van der Waals surface area contributed by atoms with Crippen LogP contribution in [-0.4, -0.2) is 5.91 Å². The van der Waals surface area contributed by atoms with Gasteiger partial charge in [0, 0.05) is 0 Å². The average molecular weight is 170 g/mol. The van der Waals surface area contributed by atoms with E-state index in [2.05, 4.69) is 12.3 Å². The van der Waals surface area contributed by atoms with E-state index in [-0.39, 0.29) is 11.8 Å². The Morgan fingerprint density at radius 2 is 2.33 bits per heavy atom. The van der Waals surface area contributed by atoms with Crippen LogP contribution in [0, 0.1) is 5.92 Å². The maximum atomic E-state index is 10.9. The highest BCUT2D eigenvalue weighted by Gasteiger charge is 2.05. The van der Waals surface area contributed by atoms with E-state index in [9.17, 15) is 4.79 Å². The first-order valence-electron chi connectivity index (χ1n) is 4.39. The molecule has 0 aromatic carbocycles. The monoisotopic (exact) mass is 170 g/mol. The highest BCUT2D eigenvalue weighted by Crippen LogP contribution is 2.00. The lowest BCUT2D eigenvalue weighted by atomic mass is 10.1. The Morgan fingerprint density at radius 1 is 1.67 bits per heavy atom. The molecule has 12 heavy (non-hydrogen) atoms. The second kappa shape index (κ2) is 6.85. The van der Waals surface area contributed by atoms with Gasteiger partial charge in [0.15, 0.2) is 0 Å². The molecular formula is C9H18N2O. The fraction of sp³-hybridized carbons (Fsp3) is 0.667. The molecule has 0 saturated heterocycles. The van der Waals surface area contributed by atoms with Crippen LogP contribution >= 0.6 is 0 Å². The summed E-state index contributed by atoms with van der Waals surface area (Å²) in [7, 11) is 0. The van der Waals surface area contributed by atoms with Crippen molar-refractivity contribution in [3.05, 3.63) is 12.2 Å².